The Morgan fingerprint density at radius 2 is 2.12 bits per heavy atom. The molecule has 6 nitrogen and oxygen atoms in total. The summed E-state index contributed by atoms with van der Waals surface area (Å²) in [5.41, 5.74) is 0.0807. The Labute approximate surface area is 147 Å². The van der Waals surface area contributed by atoms with Crippen molar-refractivity contribution in [2.45, 2.75) is 52.1 Å². The van der Waals surface area contributed by atoms with Crippen LogP contribution >= 0.6 is 11.8 Å². The first-order valence-corrected chi connectivity index (χ1v) is 12.2. The summed E-state index contributed by atoms with van der Waals surface area (Å²) in [5.74, 6) is -1.53. The van der Waals surface area contributed by atoms with E-state index in [4.69, 9.17) is 9.53 Å². The monoisotopic (exact) mass is 371 g/mol. The van der Waals surface area contributed by atoms with Gasteiger partial charge in [-0.05, 0) is 44.5 Å². The molecular weight excluding hydrogens is 346 g/mol. The number of carbonyl (C=O) groups excluding carboxylic acids is 1. The number of fused-ring (bicyclic) bond motifs is 1. The molecule has 2 heterocycles. The quantitative estimate of drug-likeness (QED) is 0.528. The van der Waals surface area contributed by atoms with Crippen molar-refractivity contribution in [2.75, 3.05) is 6.61 Å². The van der Waals surface area contributed by atoms with E-state index in [0.717, 1.165) is 4.91 Å². The van der Waals surface area contributed by atoms with E-state index in [1.165, 1.54) is 16.7 Å². The van der Waals surface area contributed by atoms with Gasteiger partial charge in [-0.1, -0.05) is 11.8 Å². The smallest absolute Gasteiger partial charge is 0.353 e. The van der Waals surface area contributed by atoms with Crippen LogP contribution in [-0.4, -0.2) is 54.1 Å². The first-order valence-electron chi connectivity index (χ1n) is 7.99. The summed E-state index contributed by atoms with van der Waals surface area (Å²) < 4.78 is 6.05. The minimum atomic E-state index is -1.77. The number of carbonyl (C=O) groups is 2. The Bertz CT molecular complexity index is 610. The van der Waals surface area contributed by atoms with Crippen LogP contribution in [0.15, 0.2) is 21.6 Å². The lowest BCUT2D eigenvalue weighted by Crippen LogP contribution is -2.63. The molecule has 24 heavy (non-hydrogen) atoms. The topological polar surface area (TPSA) is 87.1 Å². The van der Waals surface area contributed by atoms with Crippen LogP contribution in [0, 0.1) is 5.92 Å². The summed E-state index contributed by atoms with van der Waals surface area (Å²) in [7, 11) is -1.77. The summed E-state index contributed by atoms with van der Waals surface area (Å²) in [4.78, 5) is 27.1. The number of hydrogen-bond acceptors (Lipinski definition) is 5. The second-order valence-corrected chi connectivity index (χ2v) is 12.9. The molecule has 8 heteroatoms. The molecule has 2 N–H and O–H groups in total. The third-order valence-corrected chi connectivity index (χ3v) is 6.25. The zero-order chi connectivity index (χ0) is 18.2. The zero-order valence-corrected chi connectivity index (χ0v) is 16.5. The van der Waals surface area contributed by atoms with Crippen molar-refractivity contribution >= 4 is 32.0 Å². The molecular formula is C16H25NO5SSi. The number of aliphatic hydroxyl groups is 1. The lowest BCUT2D eigenvalue weighted by molar-refractivity contribution is -0.160. The highest BCUT2D eigenvalue weighted by molar-refractivity contribution is 8.06. The fourth-order valence-electron chi connectivity index (χ4n) is 3.30. The number of carboxylic acid groups (broad SMARTS) is 1. The van der Waals surface area contributed by atoms with Crippen LogP contribution in [0.3, 0.4) is 0 Å². The Morgan fingerprint density at radius 1 is 1.50 bits per heavy atom. The Balaban J connectivity index is 2.20. The summed E-state index contributed by atoms with van der Waals surface area (Å²) in [5, 5.41) is 18.5. The van der Waals surface area contributed by atoms with E-state index in [-0.39, 0.29) is 36.3 Å². The van der Waals surface area contributed by atoms with E-state index in [9.17, 15) is 14.7 Å². The van der Waals surface area contributed by atoms with Crippen molar-refractivity contribution in [3.63, 3.8) is 0 Å². The molecule has 1 saturated heterocycles. The van der Waals surface area contributed by atoms with Crippen LogP contribution in [0.5, 0.6) is 0 Å². The molecule has 0 aromatic rings. The van der Waals surface area contributed by atoms with Gasteiger partial charge in [0, 0.05) is 11.3 Å². The second kappa shape index (κ2) is 7.03. The van der Waals surface area contributed by atoms with Gasteiger partial charge in [0.25, 0.3) is 0 Å². The lowest BCUT2D eigenvalue weighted by atomic mass is 9.83. The molecule has 1 fully saturated rings. The van der Waals surface area contributed by atoms with E-state index in [1.54, 1.807) is 6.08 Å². The number of thioether (sulfide) groups is 1. The van der Waals surface area contributed by atoms with Crippen LogP contribution in [-0.2, 0) is 14.0 Å². The number of β-lactam (4-membered cyclic amide) rings is 1. The van der Waals surface area contributed by atoms with E-state index < -0.39 is 14.3 Å². The number of carboxylic acids is 1. The molecule has 3 atom stereocenters. The maximum atomic E-state index is 12.5. The van der Waals surface area contributed by atoms with Gasteiger partial charge >= 0.3 is 5.97 Å². The number of rotatable bonds is 7. The number of amides is 1. The summed E-state index contributed by atoms with van der Waals surface area (Å²) in [6.07, 6.45) is 1.95. The molecule has 2 aliphatic heterocycles. The zero-order valence-electron chi connectivity index (χ0n) is 14.7. The van der Waals surface area contributed by atoms with E-state index in [2.05, 4.69) is 19.6 Å². The Morgan fingerprint density at radius 3 is 2.62 bits per heavy atom. The third-order valence-electron chi connectivity index (χ3n) is 4.08. The van der Waals surface area contributed by atoms with Crippen LogP contribution in [0.25, 0.3) is 0 Å². The first-order chi connectivity index (χ1) is 11.1. The second-order valence-electron chi connectivity index (χ2n) is 7.12. The highest BCUT2D eigenvalue weighted by Gasteiger charge is 2.57. The number of allylic oxidation sites excluding steroid dienone is 1. The minimum absolute atomic E-state index is 0.0807. The van der Waals surface area contributed by atoms with Crippen LogP contribution in [0.2, 0.25) is 19.6 Å². The SMILES string of the molecule is CC(=CCO)SC1=C(C(=O)O)N2C(=O)[C@@H]([C@H](C)O[Si](C)(C)C)[C@H]2C1. The van der Waals surface area contributed by atoms with Gasteiger partial charge in [-0.15, -0.1) is 0 Å². The number of aliphatic hydroxyl groups excluding tert-OH is 1. The molecule has 0 radical (unpaired) electrons. The van der Waals surface area contributed by atoms with Gasteiger partial charge in [0.1, 0.15) is 5.70 Å². The highest BCUT2D eigenvalue weighted by Crippen LogP contribution is 2.49. The van der Waals surface area contributed by atoms with Crippen molar-refractivity contribution in [2.24, 2.45) is 5.92 Å². The number of nitrogens with zero attached hydrogens (tertiary/aromatic N) is 1. The standard InChI is InChI=1S/C16H25NO5SSi/c1-9(6-7-18)23-12-8-11-13(10(2)22-24(3,4)5)15(19)17(11)14(12)16(20)21/h6,10-11,13,18H,7-8H2,1-5H3,(H,20,21)/t10-,11+,13-/m0/s1. The normalized spacial score (nSPS) is 25.7. The van der Waals surface area contributed by atoms with Crippen LogP contribution < -0.4 is 0 Å². The van der Waals surface area contributed by atoms with Gasteiger partial charge in [-0.2, -0.15) is 0 Å². The lowest BCUT2D eigenvalue weighted by Gasteiger charge is -2.46. The molecule has 0 aromatic carbocycles. The molecule has 0 unspecified atom stereocenters. The van der Waals surface area contributed by atoms with Crippen molar-refractivity contribution < 1.29 is 24.2 Å². The molecule has 0 aliphatic carbocycles. The maximum absolute atomic E-state index is 12.5. The van der Waals surface area contributed by atoms with Gasteiger partial charge in [-0.25, -0.2) is 4.79 Å². The summed E-state index contributed by atoms with van der Waals surface area (Å²) in [6.45, 7) is 9.85. The van der Waals surface area contributed by atoms with Crippen molar-refractivity contribution in [3.05, 3.63) is 21.6 Å². The fourth-order valence-corrected chi connectivity index (χ4v) is 5.65. The molecule has 2 aliphatic rings. The first kappa shape index (κ1) is 19.2. The van der Waals surface area contributed by atoms with E-state index >= 15 is 0 Å². The Hall–Kier alpha value is -1.09. The summed E-state index contributed by atoms with van der Waals surface area (Å²) in [6, 6.07) is -0.139. The Kier molecular flexibility index (Phi) is 5.63. The van der Waals surface area contributed by atoms with Crippen molar-refractivity contribution in [3.8, 4) is 0 Å². The molecule has 0 bridgehead atoms. The third kappa shape index (κ3) is 3.77. The molecule has 2 rings (SSSR count). The van der Waals surface area contributed by atoms with Gasteiger partial charge in [0.15, 0.2) is 8.32 Å². The predicted octanol–water partition coefficient (Wildman–Crippen LogP) is 2.38. The molecule has 0 aromatic heterocycles. The largest absolute Gasteiger partial charge is 0.477 e. The average Bonchev–Trinajstić information content (AvgIpc) is 2.71. The van der Waals surface area contributed by atoms with Gasteiger partial charge in [-0.3, -0.25) is 4.79 Å². The van der Waals surface area contributed by atoms with Gasteiger partial charge < -0.3 is 19.5 Å². The van der Waals surface area contributed by atoms with Crippen LogP contribution in [0.4, 0.5) is 0 Å². The molecule has 134 valence electrons. The number of hydrogen-bond donors (Lipinski definition) is 2. The minimum Gasteiger partial charge on any atom is -0.477 e. The fraction of sp³-hybridized carbons (Fsp3) is 0.625. The molecule has 0 saturated carbocycles. The average molecular weight is 372 g/mol. The van der Waals surface area contributed by atoms with Crippen molar-refractivity contribution in [1.29, 1.82) is 0 Å². The maximum Gasteiger partial charge on any atom is 0.353 e. The van der Waals surface area contributed by atoms with E-state index in [1.807, 2.05) is 13.8 Å². The number of aliphatic carboxylic acids is 1. The molecule has 1 amide bonds. The van der Waals surface area contributed by atoms with Gasteiger partial charge in [0.05, 0.1) is 24.7 Å². The highest BCUT2D eigenvalue weighted by atomic mass is 32.2. The molecule has 0 spiro atoms. The van der Waals surface area contributed by atoms with Crippen molar-refractivity contribution in [1.82, 2.24) is 4.90 Å². The van der Waals surface area contributed by atoms with Gasteiger partial charge in [0.2, 0.25) is 5.91 Å². The predicted molar refractivity (Wildman–Crippen MR) is 95.7 cm³/mol. The van der Waals surface area contributed by atoms with E-state index in [0.29, 0.717) is 11.3 Å². The van der Waals surface area contributed by atoms with Crippen LogP contribution in [0.1, 0.15) is 20.3 Å². The summed E-state index contributed by atoms with van der Waals surface area (Å²) >= 11 is 1.32.